The van der Waals surface area contributed by atoms with Crippen molar-refractivity contribution >= 4 is 73.4 Å². The highest BCUT2D eigenvalue weighted by atomic mass is 79.9. The minimum absolute atomic E-state index is 0. The average Bonchev–Trinajstić information content (AvgIpc) is 2.67. The molecule has 2 aromatic carbocycles. The minimum Gasteiger partial charge on any atom is -0.492 e. The van der Waals surface area contributed by atoms with Gasteiger partial charge in [-0.05, 0) is 60.1 Å². The molecule has 0 saturated heterocycles. The van der Waals surface area contributed by atoms with Gasteiger partial charge in [-0.3, -0.25) is 4.79 Å². The van der Waals surface area contributed by atoms with Crippen molar-refractivity contribution in [3.63, 3.8) is 0 Å². The number of ether oxygens (including phenoxy) is 1. The first-order valence-electron chi connectivity index (χ1n) is 9.26. The molecule has 3 N–H and O–H groups in total. The van der Waals surface area contributed by atoms with Crippen LogP contribution in [0.2, 0.25) is 0 Å². The molecule has 3 aromatic rings. The molecule has 0 spiro atoms. The molecule has 0 unspecified atom stereocenters. The predicted molar refractivity (Wildman–Crippen MR) is 137 cm³/mol. The molecular weight excluding hydrogens is 557 g/mol. The van der Waals surface area contributed by atoms with Gasteiger partial charge in [0.15, 0.2) is 5.43 Å². The van der Waals surface area contributed by atoms with E-state index >= 15 is 0 Å². The van der Waals surface area contributed by atoms with Gasteiger partial charge < -0.3 is 20.4 Å². The quantitative estimate of drug-likeness (QED) is 0.276. The van der Waals surface area contributed by atoms with E-state index in [4.69, 9.17) is 4.74 Å². The topological polar surface area (TPSA) is 66.2 Å². The fraction of sp³-hybridized carbons (Fsp3) is 0.286. The molecular formula is C21H25Br2Cl2N3O2. The first kappa shape index (κ1) is 26.8. The van der Waals surface area contributed by atoms with Crippen molar-refractivity contribution in [2.24, 2.45) is 0 Å². The number of rotatable bonds is 9. The smallest absolute Gasteiger partial charge is 0.191 e. The molecule has 0 amide bonds. The second-order valence-corrected chi connectivity index (χ2v) is 8.13. The molecule has 0 bridgehead atoms. The van der Waals surface area contributed by atoms with Gasteiger partial charge in [0.2, 0.25) is 0 Å². The number of hydrogen-bond acceptors (Lipinski definition) is 4. The zero-order valence-electron chi connectivity index (χ0n) is 16.5. The summed E-state index contributed by atoms with van der Waals surface area (Å²) in [6.07, 6.45) is 0.925. The van der Waals surface area contributed by atoms with Gasteiger partial charge in [0.1, 0.15) is 11.6 Å². The fourth-order valence-corrected chi connectivity index (χ4v) is 4.43. The van der Waals surface area contributed by atoms with Crippen LogP contribution in [0.15, 0.2) is 56.2 Å². The number of anilines is 1. The van der Waals surface area contributed by atoms with Crippen LogP contribution < -0.4 is 20.8 Å². The Hall–Kier alpha value is -1.25. The highest BCUT2D eigenvalue weighted by Gasteiger charge is 2.09. The van der Waals surface area contributed by atoms with E-state index in [0.717, 1.165) is 57.6 Å². The van der Waals surface area contributed by atoms with Crippen molar-refractivity contribution in [3.05, 3.63) is 67.2 Å². The van der Waals surface area contributed by atoms with E-state index in [0.29, 0.717) is 12.0 Å². The Morgan fingerprint density at radius 3 is 2.60 bits per heavy atom. The van der Waals surface area contributed by atoms with E-state index in [1.165, 1.54) is 0 Å². The SMILES string of the molecule is CCOc1c(Br)cc(Br)cc1CNCCCNc1cc(=O)c2ccccc2[nH]1.Cl.Cl. The average molecular weight is 582 g/mol. The molecule has 1 heterocycles. The standard InChI is InChI=1S/C21H23Br2N3O2.2ClH/c1-2-28-21-14(10-15(22)11-17(21)23)13-24-8-5-9-25-20-12-19(27)16-6-3-4-7-18(16)26-20;;/h3-4,6-7,10-12,24H,2,5,8-9,13H2,1H3,(H2,25,26,27);2*1H. The van der Waals surface area contributed by atoms with E-state index in [1.54, 1.807) is 6.07 Å². The van der Waals surface area contributed by atoms with Gasteiger partial charge in [-0.15, -0.1) is 24.8 Å². The van der Waals surface area contributed by atoms with Crippen LogP contribution in [-0.2, 0) is 6.54 Å². The number of aromatic nitrogens is 1. The Morgan fingerprint density at radius 1 is 1.07 bits per heavy atom. The number of pyridine rings is 1. The highest BCUT2D eigenvalue weighted by molar-refractivity contribution is 9.11. The number of aromatic amines is 1. The number of hydrogen-bond donors (Lipinski definition) is 3. The Balaban J connectivity index is 0.00000225. The molecule has 5 nitrogen and oxygen atoms in total. The van der Waals surface area contributed by atoms with Gasteiger partial charge in [0.05, 0.1) is 16.6 Å². The largest absolute Gasteiger partial charge is 0.492 e. The molecule has 0 aliphatic carbocycles. The van der Waals surface area contributed by atoms with Gasteiger partial charge in [0.25, 0.3) is 0 Å². The Labute approximate surface area is 205 Å². The van der Waals surface area contributed by atoms with Crippen LogP contribution in [0.4, 0.5) is 5.82 Å². The molecule has 3 rings (SSSR count). The lowest BCUT2D eigenvalue weighted by molar-refractivity contribution is 0.333. The van der Waals surface area contributed by atoms with Gasteiger partial charge in [-0.1, -0.05) is 28.1 Å². The monoisotopic (exact) mass is 579 g/mol. The van der Waals surface area contributed by atoms with Crippen LogP contribution in [0.1, 0.15) is 18.9 Å². The second-order valence-electron chi connectivity index (χ2n) is 6.36. The molecule has 0 atom stereocenters. The van der Waals surface area contributed by atoms with Crippen LogP contribution in [0.3, 0.4) is 0 Å². The van der Waals surface area contributed by atoms with Crippen LogP contribution in [0, 0.1) is 0 Å². The summed E-state index contributed by atoms with van der Waals surface area (Å²) in [4.78, 5) is 15.4. The van der Waals surface area contributed by atoms with Crippen molar-refractivity contribution in [3.8, 4) is 5.75 Å². The number of benzene rings is 2. The summed E-state index contributed by atoms with van der Waals surface area (Å²) in [5.74, 6) is 1.63. The minimum atomic E-state index is 0. The third-order valence-corrected chi connectivity index (χ3v) is 5.32. The van der Waals surface area contributed by atoms with Gasteiger partial charge in [-0.25, -0.2) is 0 Å². The Bertz CT molecular complexity index is 1020. The molecule has 0 radical (unpaired) electrons. The second kappa shape index (κ2) is 13.2. The molecule has 0 aliphatic rings. The summed E-state index contributed by atoms with van der Waals surface area (Å²) in [7, 11) is 0. The molecule has 1 aromatic heterocycles. The normalized spacial score (nSPS) is 10.2. The first-order chi connectivity index (χ1) is 13.6. The number of fused-ring (bicyclic) bond motifs is 1. The van der Waals surface area contributed by atoms with Crippen molar-refractivity contribution < 1.29 is 4.74 Å². The van der Waals surface area contributed by atoms with E-state index in [-0.39, 0.29) is 30.2 Å². The molecule has 0 aliphatic heterocycles. The summed E-state index contributed by atoms with van der Waals surface area (Å²) in [5, 5.41) is 7.45. The van der Waals surface area contributed by atoms with Crippen molar-refractivity contribution in [2.75, 3.05) is 25.0 Å². The van der Waals surface area contributed by atoms with E-state index in [9.17, 15) is 4.79 Å². The molecule has 0 saturated carbocycles. The first-order valence-corrected chi connectivity index (χ1v) is 10.8. The zero-order chi connectivity index (χ0) is 19.9. The summed E-state index contributed by atoms with van der Waals surface area (Å²) in [5.41, 5.74) is 1.98. The summed E-state index contributed by atoms with van der Waals surface area (Å²) >= 11 is 7.09. The third kappa shape index (κ3) is 7.17. The van der Waals surface area contributed by atoms with E-state index in [2.05, 4.69) is 53.5 Å². The highest BCUT2D eigenvalue weighted by Crippen LogP contribution is 2.32. The number of H-pyrrole nitrogens is 1. The van der Waals surface area contributed by atoms with E-state index in [1.807, 2.05) is 37.3 Å². The molecule has 164 valence electrons. The van der Waals surface area contributed by atoms with Crippen LogP contribution in [0.5, 0.6) is 5.75 Å². The maximum atomic E-state index is 12.1. The Morgan fingerprint density at radius 2 is 1.83 bits per heavy atom. The van der Waals surface area contributed by atoms with Gasteiger partial charge in [0, 0.05) is 34.6 Å². The van der Waals surface area contributed by atoms with Gasteiger partial charge in [-0.2, -0.15) is 0 Å². The lowest BCUT2D eigenvalue weighted by Crippen LogP contribution is -2.19. The van der Waals surface area contributed by atoms with E-state index < -0.39 is 0 Å². The maximum absolute atomic E-state index is 12.1. The summed E-state index contributed by atoms with van der Waals surface area (Å²) in [6.45, 7) is 4.94. The molecule has 30 heavy (non-hydrogen) atoms. The number of halogens is 4. The lowest BCUT2D eigenvalue weighted by Gasteiger charge is -2.14. The molecule has 0 fully saturated rings. The molecule has 9 heteroatoms. The van der Waals surface area contributed by atoms with Crippen LogP contribution in [0.25, 0.3) is 10.9 Å². The Kier molecular flexibility index (Phi) is 11.8. The van der Waals surface area contributed by atoms with Crippen molar-refractivity contribution in [2.45, 2.75) is 19.9 Å². The number of nitrogens with one attached hydrogen (secondary N) is 3. The summed E-state index contributed by atoms with van der Waals surface area (Å²) in [6, 6.07) is 13.2. The zero-order valence-corrected chi connectivity index (χ0v) is 21.3. The van der Waals surface area contributed by atoms with Gasteiger partial charge >= 0.3 is 0 Å². The van der Waals surface area contributed by atoms with Crippen molar-refractivity contribution in [1.29, 1.82) is 0 Å². The third-order valence-electron chi connectivity index (χ3n) is 4.27. The maximum Gasteiger partial charge on any atom is 0.191 e. The lowest BCUT2D eigenvalue weighted by atomic mass is 10.2. The number of para-hydroxylation sites is 1. The van der Waals surface area contributed by atoms with Crippen molar-refractivity contribution in [1.82, 2.24) is 10.3 Å². The predicted octanol–water partition coefficient (Wildman–Crippen LogP) is 5.89. The summed E-state index contributed by atoms with van der Waals surface area (Å²) < 4.78 is 7.71. The van der Waals surface area contributed by atoms with Crippen LogP contribution in [-0.4, -0.2) is 24.7 Å². The fourth-order valence-electron chi connectivity index (χ4n) is 3.00. The van der Waals surface area contributed by atoms with Crippen LogP contribution >= 0.6 is 56.7 Å².